The predicted molar refractivity (Wildman–Crippen MR) is 96.2 cm³/mol. The van der Waals surface area contributed by atoms with Crippen LogP contribution in [0, 0.1) is 11.3 Å². The molecule has 0 aromatic carbocycles. The highest BCUT2D eigenvalue weighted by atomic mass is 16.5. The Bertz CT molecular complexity index is 299. The Hall–Kier alpha value is -0.650. The van der Waals surface area contributed by atoms with Gasteiger partial charge in [-0.25, -0.2) is 0 Å². The average molecular weight is 347 g/mol. The van der Waals surface area contributed by atoms with Crippen LogP contribution in [-0.2, 0) is 23.7 Å². The molecule has 5 nitrogen and oxygen atoms in total. The highest BCUT2D eigenvalue weighted by molar-refractivity contribution is 5.69. The minimum Gasteiger partial charge on any atom is -0.466 e. The maximum absolute atomic E-state index is 11.6. The van der Waals surface area contributed by atoms with Gasteiger partial charge in [0.05, 0.1) is 33.0 Å². The fraction of sp³-hybridized carbons (Fsp3) is 0.947. The zero-order valence-corrected chi connectivity index (χ0v) is 16.4. The number of esters is 1. The molecule has 0 fully saturated rings. The van der Waals surface area contributed by atoms with Gasteiger partial charge < -0.3 is 18.9 Å². The first-order valence-corrected chi connectivity index (χ1v) is 9.24. The van der Waals surface area contributed by atoms with Gasteiger partial charge in [-0.3, -0.25) is 4.79 Å². The third kappa shape index (κ3) is 17.7. The van der Waals surface area contributed by atoms with E-state index in [9.17, 15) is 4.79 Å². The Kier molecular flexibility index (Phi) is 14.3. The summed E-state index contributed by atoms with van der Waals surface area (Å²) in [7, 11) is 0. The molecule has 0 bridgehead atoms. The second kappa shape index (κ2) is 14.7. The van der Waals surface area contributed by atoms with Gasteiger partial charge in [0.15, 0.2) is 0 Å². The molecule has 1 atom stereocenters. The molecular weight excluding hydrogens is 308 g/mol. The number of hydrogen-bond donors (Lipinski definition) is 0. The molecule has 0 amide bonds. The van der Waals surface area contributed by atoms with Crippen molar-refractivity contribution in [2.75, 3.05) is 46.2 Å². The first-order valence-electron chi connectivity index (χ1n) is 9.24. The predicted octanol–water partition coefficient (Wildman–Crippen LogP) is 3.84. The molecular formula is C19H38O5. The average Bonchev–Trinajstić information content (AvgIpc) is 2.47. The lowest BCUT2D eigenvalue weighted by Crippen LogP contribution is -2.14. The lowest BCUT2D eigenvalue weighted by Gasteiger charge is -2.22. The summed E-state index contributed by atoms with van der Waals surface area (Å²) in [5.74, 6) is 0.443. The van der Waals surface area contributed by atoms with Crippen LogP contribution in [0.25, 0.3) is 0 Å². The molecule has 0 aromatic heterocycles. The van der Waals surface area contributed by atoms with Gasteiger partial charge in [0, 0.05) is 19.6 Å². The monoisotopic (exact) mass is 346 g/mol. The molecule has 0 aliphatic heterocycles. The standard InChI is InChI=1S/C19H38O5/c1-6-21-12-13-23-15-14-22-10-7-8-18(20)24-11-9-17(2)16-19(3,4)5/h17H,6-16H2,1-5H3. The van der Waals surface area contributed by atoms with Crippen molar-refractivity contribution in [2.45, 2.75) is 60.3 Å². The van der Waals surface area contributed by atoms with E-state index in [0.717, 1.165) is 12.8 Å². The molecule has 24 heavy (non-hydrogen) atoms. The summed E-state index contributed by atoms with van der Waals surface area (Å²) in [6.45, 7) is 15.0. The molecule has 0 heterocycles. The van der Waals surface area contributed by atoms with Gasteiger partial charge in [-0.05, 0) is 37.5 Å². The van der Waals surface area contributed by atoms with Crippen LogP contribution in [0.4, 0.5) is 0 Å². The largest absolute Gasteiger partial charge is 0.466 e. The van der Waals surface area contributed by atoms with Gasteiger partial charge in [0.2, 0.25) is 0 Å². The van der Waals surface area contributed by atoms with Crippen molar-refractivity contribution in [3.05, 3.63) is 0 Å². The minimum atomic E-state index is -0.130. The Labute approximate surface area is 148 Å². The fourth-order valence-corrected chi connectivity index (χ4v) is 2.50. The number of ether oxygens (including phenoxy) is 4. The zero-order valence-electron chi connectivity index (χ0n) is 16.4. The summed E-state index contributed by atoms with van der Waals surface area (Å²) in [5, 5.41) is 0. The first kappa shape index (κ1) is 23.4. The summed E-state index contributed by atoms with van der Waals surface area (Å²) in [6, 6.07) is 0. The second-order valence-electron chi connectivity index (χ2n) is 7.40. The maximum Gasteiger partial charge on any atom is 0.305 e. The molecule has 0 aliphatic carbocycles. The van der Waals surface area contributed by atoms with Crippen molar-refractivity contribution in [1.82, 2.24) is 0 Å². The van der Waals surface area contributed by atoms with Crippen LogP contribution in [0.5, 0.6) is 0 Å². The lowest BCUT2D eigenvalue weighted by molar-refractivity contribution is -0.144. The smallest absolute Gasteiger partial charge is 0.305 e. The van der Waals surface area contributed by atoms with Crippen LogP contribution < -0.4 is 0 Å². The van der Waals surface area contributed by atoms with Gasteiger partial charge >= 0.3 is 5.97 Å². The van der Waals surface area contributed by atoms with Crippen LogP contribution >= 0.6 is 0 Å². The van der Waals surface area contributed by atoms with Crippen LogP contribution in [-0.4, -0.2) is 52.2 Å². The van der Waals surface area contributed by atoms with Gasteiger partial charge in [0.1, 0.15) is 0 Å². The number of carbonyl (C=O) groups is 1. The summed E-state index contributed by atoms with van der Waals surface area (Å²) in [4.78, 5) is 11.6. The highest BCUT2D eigenvalue weighted by Crippen LogP contribution is 2.25. The molecule has 5 heteroatoms. The molecule has 0 aliphatic rings. The van der Waals surface area contributed by atoms with Gasteiger partial charge in [-0.1, -0.05) is 27.7 Å². The minimum absolute atomic E-state index is 0.130. The van der Waals surface area contributed by atoms with E-state index < -0.39 is 0 Å². The summed E-state index contributed by atoms with van der Waals surface area (Å²) < 4.78 is 21.2. The van der Waals surface area contributed by atoms with Gasteiger partial charge in [-0.2, -0.15) is 0 Å². The number of carbonyl (C=O) groups excluding carboxylic acids is 1. The lowest BCUT2D eigenvalue weighted by atomic mass is 9.84. The van der Waals surface area contributed by atoms with E-state index >= 15 is 0 Å². The molecule has 0 saturated heterocycles. The van der Waals surface area contributed by atoms with Crippen LogP contribution in [0.15, 0.2) is 0 Å². The quantitative estimate of drug-likeness (QED) is 0.333. The highest BCUT2D eigenvalue weighted by Gasteiger charge is 2.15. The van der Waals surface area contributed by atoms with Crippen molar-refractivity contribution in [2.24, 2.45) is 11.3 Å². The zero-order chi connectivity index (χ0) is 18.3. The normalized spacial score (nSPS) is 13.0. The van der Waals surface area contributed by atoms with E-state index in [1.807, 2.05) is 6.92 Å². The van der Waals surface area contributed by atoms with Crippen LogP contribution in [0.2, 0.25) is 0 Å². The third-order valence-electron chi connectivity index (χ3n) is 3.45. The SMILES string of the molecule is CCOCCOCCOCCCC(=O)OCCC(C)CC(C)(C)C. The maximum atomic E-state index is 11.6. The second-order valence-corrected chi connectivity index (χ2v) is 7.40. The Morgan fingerprint density at radius 3 is 2.08 bits per heavy atom. The summed E-state index contributed by atoms with van der Waals surface area (Å²) in [6.07, 6.45) is 3.18. The molecule has 0 radical (unpaired) electrons. The van der Waals surface area contributed by atoms with E-state index in [0.29, 0.717) is 70.4 Å². The van der Waals surface area contributed by atoms with Crippen LogP contribution in [0.1, 0.15) is 60.3 Å². The van der Waals surface area contributed by atoms with E-state index in [2.05, 4.69) is 27.7 Å². The molecule has 0 aromatic rings. The van der Waals surface area contributed by atoms with E-state index in [1.54, 1.807) is 0 Å². The Morgan fingerprint density at radius 2 is 1.50 bits per heavy atom. The topological polar surface area (TPSA) is 54.0 Å². The van der Waals surface area contributed by atoms with E-state index in [4.69, 9.17) is 18.9 Å². The molecule has 0 rings (SSSR count). The van der Waals surface area contributed by atoms with Crippen LogP contribution in [0.3, 0.4) is 0 Å². The van der Waals surface area contributed by atoms with E-state index in [1.165, 1.54) is 0 Å². The van der Waals surface area contributed by atoms with Crippen molar-refractivity contribution < 1.29 is 23.7 Å². The fourth-order valence-electron chi connectivity index (χ4n) is 2.50. The van der Waals surface area contributed by atoms with Crippen molar-refractivity contribution in [3.63, 3.8) is 0 Å². The summed E-state index contributed by atoms with van der Waals surface area (Å²) in [5.41, 5.74) is 0.327. The van der Waals surface area contributed by atoms with Gasteiger partial charge in [-0.15, -0.1) is 0 Å². The first-order chi connectivity index (χ1) is 11.3. The Balaban J connectivity index is 3.35. The third-order valence-corrected chi connectivity index (χ3v) is 3.45. The molecule has 0 N–H and O–H groups in total. The molecule has 1 unspecified atom stereocenters. The molecule has 0 spiro atoms. The van der Waals surface area contributed by atoms with Crippen molar-refractivity contribution >= 4 is 5.97 Å². The molecule has 144 valence electrons. The van der Waals surface area contributed by atoms with Crippen molar-refractivity contribution in [1.29, 1.82) is 0 Å². The number of rotatable bonds is 15. The molecule has 0 saturated carbocycles. The van der Waals surface area contributed by atoms with Crippen molar-refractivity contribution in [3.8, 4) is 0 Å². The van der Waals surface area contributed by atoms with E-state index in [-0.39, 0.29) is 5.97 Å². The number of hydrogen-bond acceptors (Lipinski definition) is 5. The summed E-state index contributed by atoms with van der Waals surface area (Å²) >= 11 is 0. The Morgan fingerprint density at radius 1 is 0.917 bits per heavy atom. The van der Waals surface area contributed by atoms with Gasteiger partial charge in [0.25, 0.3) is 0 Å².